The molecule has 16 aromatic rings. The van der Waals surface area contributed by atoms with E-state index in [1.807, 2.05) is 18.2 Å². The van der Waals surface area contributed by atoms with Crippen LogP contribution in [0.25, 0.3) is 149 Å². The molecule has 0 aliphatic carbocycles. The summed E-state index contributed by atoms with van der Waals surface area (Å²) in [5, 5.41) is 14.5. The highest BCUT2D eigenvalue weighted by atomic mass is 15.2. The smallest absolute Gasteiger partial charge is 0.238 e. The van der Waals surface area contributed by atoms with Gasteiger partial charge in [0.1, 0.15) is 0 Å². The SMILES string of the molecule is c1ccc(-c2nc(-c3ccc(-n4c5ccccc5c5c6ccccc6ccc54)cc3)nc(-n3c4ccc(-c5cc6c(c7ccccc57)c5ccccc5n6-c5ccccc5)cc4c4c5ccccc5ccc43)n2)cc1. The number of nitrogens with zero attached hydrogens (tertiary/aromatic N) is 6. The largest absolute Gasteiger partial charge is 0.309 e. The summed E-state index contributed by atoms with van der Waals surface area (Å²) < 4.78 is 7.03. The van der Waals surface area contributed by atoms with Crippen LogP contribution in [0.1, 0.15) is 0 Å². The van der Waals surface area contributed by atoms with Gasteiger partial charge in [-0.1, -0.05) is 176 Å². The standard InChI is InChI=1S/C69H42N6/c1-3-19-45(20-4-1)67-70-68(46-31-36-49(37-32-46)73-58-29-15-13-27-54(58)64-50-23-9-7-17-43(50)33-39-61(64)73)72-69(71-67)75-60-38-35-47(41-57(60)65-51-24-10-8-18-44(51)34-40-62(65)75)56-42-63-66(53-26-12-11-25-52(53)56)55-28-14-16-30-59(55)74(63)48-21-5-2-6-22-48/h1-42H. The molecule has 0 spiro atoms. The summed E-state index contributed by atoms with van der Waals surface area (Å²) in [6.07, 6.45) is 0. The minimum Gasteiger partial charge on any atom is -0.309 e. The Morgan fingerprint density at radius 1 is 0.240 bits per heavy atom. The summed E-state index contributed by atoms with van der Waals surface area (Å²) in [5.41, 5.74) is 13.1. The molecule has 0 N–H and O–H groups in total. The maximum absolute atomic E-state index is 5.42. The number of para-hydroxylation sites is 3. The second kappa shape index (κ2) is 16.2. The Labute approximate surface area is 430 Å². The molecule has 0 bridgehead atoms. The van der Waals surface area contributed by atoms with Crippen molar-refractivity contribution in [3.05, 3.63) is 255 Å². The van der Waals surface area contributed by atoms with Crippen molar-refractivity contribution in [3.63, 3.8) is 0 Å². The van der Waals surface area contributed by atoms with Gasteiger partial charge in [-0.2, -0.15) is 9.97 Å². The minimum atomic E-state index is 0.555. The maximum Gasteiger partial charge on any atom is 0.238 e. The van der Waals surface area contributed by atoms with Crippen LogP contribution in [0.5, 0.6) is 0 Å². The zero-order chi connectivity index (χ0) is 49.1. The number of fused-ring (bicyclic) bond motifs is 15. The van der Waals surface area contributed by atoms with Crippen molar-refractivity contribution in [1.29, 1.82) is 0 Å². The van der Waals surface area contributed by atoms with Crippen LogP contribution in [-0.2, 0) is 0 Å². The van der Waals surface area contributed by atoms with Gasteiger partial charge in [0.25, 0.3) is 0 Å². The first-order valence-electron chi connectivity index (χ1n) is 25.5. The summed E-state index contributed by atoms with van der Waals surface area (Å²) in [4.78, 5) is 16.0. The molecule has 0 fully saturated rings. The zero-order valence-corrected chi connectivity index (χ0v) is 40.4. The molecule has 4 aromatic heterocycles. The molecule has 0 saturated carbocycles. The van der Waals surface area contributed by atoms with Gasteiger partial charge in [0, 0.05) is 54.8 Å². The third-order valence-corrected chi connectivity index (χ3v) is 15.5. The Morgan fingerprint density at radius 2 is 0.680 bits per heavy atom. The number of rotatable bonds is 6. The van der Waals surface area contributed by atoms with Gasteiger partial charge >= 0.3 is 0 Å². The van der Waals surface area contributed by atoms with Crippen molar-refractivity contribution in [2.45, 2.75) is 0 Å². The van der Waals surface area contributed by atoms with E-state index in [1.165, 1.54) is 76.0 Å². The van der Waals surface area contributed by atoms with E-state index >= 15 is 0 Å². The van der Waals surface area contributed by atoms with Gasteiger partial charge < -0.3 is 9.13 Å². The van der Waals surface area contributed by atoms with Crippen molar-refractivity contribution >= 4 is 97.7 Å². The molecule has 6 heteroatoms. The van der Waals surface area contributed by atoms with E-state index < -0.39 is 0 Å². The predicted octanol–water partition coefficient (Wildman–Crippen LogP) is 17.6. The molecule has 0 aliphatic rings. The molecular formula is C69H42N6. The monoisotopic (exact) mass is 954 g/mol. The molecular weight excluding hydrogens is 913 g/mol. The molecule has 4 heterocycles. The molecule has 0 unspecified atom stereocenters. The molecule has 16 rings (SSSR count). The quantitative estimate of drug-likeness (QED) is 0.167. The molecule has 0 saturated heterocycles. The first-order valence-corrected chi connectivity index (χ1v) is 25.5. The van der Waals surface area contributed by atoms with Crippen molar-refractivity contribution in [2.75, 3.05) is 0 Å². The van der Waals surface area contributed by atoms with Crippen LogP contribution >= 0.6 is 0 Å². The molecule has 12 aromatic carbocycles. The lowest BCUT2D eigenvalue weighted by Crippen LogP contribution is -2.06. The minimum absolute atomic E-state index is 0.555. The van der Waals surface area contributed by atoms with Crippen LogP contribution < -0.4 is 0 Å². The van der Waals surface area contributed by atoms with Gasteiger partial charge in [-0.15, -0.1) is 0 Å². The molecule has 0 amide bonds. The lowest BCUT2D eigenvalue weighted by molar-refractivity contribution is 0.953. The summed E-state index contributed by atoms with van der Waals surface area (Å²) in [7, 11) is 0. The van der Waals surface area contributed by atoms with Crippen LogP contribution in [0, 0.1) is 0 Å². The fourth-order valence-corrected chi connectivity index (χ4v) is 12.2. The van der Waals surface area contributed by atoms with E-state index in [9.17, 15) is 0 Å². The number of benzene rings is 12. The van der Waals surface area contributed by atoms with Crippen molar-refractivity contribution < 1.29 is 0 Å². The van der Waals surface area contributed by atoms with Crippen LogP contribution in [0.4, 0.5) is 0 Å². The Balaban J connectivity index is 0.910. The molecule has 75 heavy (non-hydrogen) atoms. The molecule has 0 radical (unpaired) electrons. The lowest BCUT2D eigenvalue weighted by Gasteiger charge is -2.13. The Hall–Kier alpha value is -10.2. The van der Waals surface area contributed by atoms with Gasteiger partial charge in [-0.3, -0.25) is 4.57 Å². The Bertz CT molecular complexity index is 4990. The number of hydrogen-bond donors (Lipinski definition) is 0. The summed E-state index contributed by atoms with van der Waals surface area (Å²) in [6.45, 7) is 0. The second-order valence-electron chi connectivity index (χ2n) is 19.5. The molecule has 6 nitrogen and oxygen atoms in total. The Morgan fingerprint density at radius 3 is 1.33 bits per heavy atom. The second-order valence-corrected chi connectivity index (χ2v) is 19.5. The van der Waals surface area contributed by atoms with Gasteiger partial charge in [-0.25, -0.2) is 4.98 Å². The van der Waals surface area contributed by atoms with E-state index in [0.29, 0.717) is 17.6 Å². The fourth-order valence-electron chi connectivity index (χ4n) is 12.2. The van der Waals surface area contributed by atoms with Crippen LogP contribution in [0.2, 0.25) is 0 Å². The predicted molar refractivity (Wildman–Crippen MR) is 312 cm³/mol. The van der Waals surface area contributed by atoms with Crippen LogP contribution in [-0.4, -0.2) is 28.7 Å². The van der Waals surface area contributed by atoms with E-state index in [0.717, 1.165) is 55.4 Å². The zero-order valence-electron chi connectivity index (χ0n) is 40.4. The van der Waals surface area contributed by atoms with Gasteiger partial charge in [0.05, 0.1) is 33.1 Å². The summed E-state index contributed by atoms with van der Waals surface area (Å²) in [6, 6.07) is 91.6. The van der Waals surface area contributed by atoms with Crippen molar-refractivity contribution in [1.82, 2.24) is 28.7 Å². The third-order valence-electron chi connectivity index (χ3n) is 15.5. The average Bonchev–Trinajstić information content (AvgIpc) is 4.16. The normalized spacial score (nSPS) is 12.0. The van der Waals surface area contributed by atoms with Crippen LogP contribution in [0.15, 0.2) is 255 Å². The highest BCUT2D eigenvalue weighted by Gasteiger charge is 2.23. The molecule has 0 atom stereocenters. The van der Waals surface area contributed by atoms with E-state index in [-0.39, 0.29) is 0 Å². The average molecular weight is 955 g/mol. The van der Waals surface area contributed by atoms with E-state index in [2.05, 4.69) is 250 Å². The molecule has 348 valence electrons. The first-order chi connectivity index (χ1) is 37.2. The number of hydrogen-bond acceptors (Lipinski definition) is 3. The van der Waals surface area contributed by atoms with Crippen LogP contribution in [0.3, 0.4) is 0 Å². The lowest BCUT2D eigenvalue weighted by atomic mass is 9.93. The topological polar surface area (TPSA) is 53.5 Å². The highest BCUT2D eigenvalue weighted by Crippen LogP contribution is 2.45. The fraction of sp³-hybridized carbons (Fsp3) is 0. The summed E-state index contributed by atoms with van der Waals surface area (Å²) >= 11 is 0. The van der Waals surface area contributed by atoms with Gasteiger partial charge in [0.2, 0.25) is 5.95 Å². The summed E-state index contributed by atoms with van der Waals surface area (Å²) in [5.74, 6) is 1.76. The van der Waals surface area contributed by atoms with Crippen molar-refractivity contribution in [2.24, 2.45) is 0 Å². The third kappa shape index (κ3) is 6.24. The van der Waals surface area contributed by atoms with Gasteiger partial charge in [0.15, 0.2) is 11.6 Å². The highest BCUT2D eigenvalue weighted by molar-refractivity contribution is 6.26. The molecule has 0 aliphatic heterocycles. The van der Waals surface area contributed by atoms with E-state index in [1.54, 1.807) is 0 Å². The maximum atomic E-state index is 5.42. The van der Waals surface area contributed by atoms with E-state index in [4.69, 9.17) is 15.0 Å². The van der Waals surface area contributed by atoms with Crippen molar-refractivity contribution in [3.8, 4) is 51.2 Å². The number of aromatic nitrogens is 6. The van der Waals surface area contributed by atoms with Gasteiger partial charge in [-0.05, 0) is 122 Å². The first kappa shape index (κ1) is 41.4. The Kier molecular flexibility index (Phi) is 8.94.